The molecule has 3 aromatic rings. The molecule has 2 aromatic carbocycles. The van der Waals surface area contributed by atoms with Gasteiger partial charge in [0, 0.05) is 22.2 Å². The van der Waals surface area contributed by atoms with Crippen molar-refractivity contribution in [3.63, 3.8) is 0 Å². The minimum atomic E-state index is -0.328. The molecule has 0 spiro atoms. The van der Waals surface area contributed by atoms with Crippen LogP contribution in [0.1, 0.15) is 29.7 Å². The second kappa shape index (κ2) is 7.42. The molecule has 3 N–H and O–H groups in total. The Kier molecular flexibility index (Phi) is 4.86. The number of nitrogens with zero attached hydrogens (tertiary/aromatic N) is 1. The lowest BCUT2D eigenvalue weighted by atomic mass is 9.95. The van der Waals surface area contributed by atoms with Gasteiger partial charge in [-0.1, -0.05) is 48.5 Å². The molecule has 0 aliphatic heterocycles. The lowest BCUT2D eigenvalue weighted by Crippen LogP contribution is -2.85. The van der Waals surface area contributed by atoms with Gasteiger partial charge in [0.1, 0.15) is 19.2 Å². The van der Waals surface area contributed by atoms with Crippen LogP contribution in [-0.2, 0) is 25.9 Å². The van der Waals surface area contributed by atoms with Gasteiger partial charge in [-0.25, -0.2) is 0 Å². The molecule has 1 aliphatic rings. The van der Waals surface area contributed by atoms with Crippen molar-refractivity contribution >= 4 is 10.9 Å². The van der Waals surface area contributed by atoms with Crippen molar-refractivity contribution in [1.29, 1.82) is 0 Å². The Morgan fingerprint density at radius 3 is 2.60 bits per heavy atom. The Morgan fingerprint density at radius 1 is 0.960 bits per heavy atom. The minimum absolute atomic E-state index is 0.328. The van der Waals surface area contributed by atoms with Crippen LogP contribution in [0.4, 0.5) is 0 Å². The molecule has 1 aromatic heterocycles. The summed E-state index contributed by atoms with van der Waals surface area (Å²) in [7, 11) is 0. The summed E-state index contributed by atoms with van der Waals surface area (Å²) in [4.78, 5) is 0. The summed E-state index contributed by atoms with van der Waals surface area (Å²) in [5.41, 5.74) is 5.56. The van der Waals surface area contributed by atoms with E-state index in [0.717, 1.165) is 19.5 Å². The van der Waals surface area contributed by atoms with Gasteiger partial charge in [0.2, 0.25) is 0 Å². The maximum Gasteiger partial charge on any atom is 0.121 e. The summed E-state index contributed by atoms with van der Waals surface area (Å²) < 4.78 is 2.38. The van der Waals surface area contributed by atoms with Crippen LogP contribution in [-0.4, -0.2) is 22.3 Å². The molecule has 3 nitrogen and oxygen atoms in total. The lowest BCUT2D eigenvalue weighted by molar-refractivity contribution is -0.676. The summed E-state index contributed by atoms with van der Waals surface area (Å²) in [5, 5.41) is 14.2. The van der Waals surface area contributed by atoms with Crippen molar-refractivity contribution in [3.05, 3.63) is 71.4 Å². The van der Waals surface area contributed by atoms with Gasteiger partial charge in [0.15, 0.2) is 0 Å². The van der Waals surface area contributed by atoms with E-state index in [2.05, 4.69) is 58.4 Å². The highest BCUT2D eigenvalue weighted by Crippen LogP contribution is 2.32. The fraction of sp³-hybridized carbons (Fsp3) is 0.364. The number of nitrogens with two attached hydrogens (primary N) is 1. The minimum Gasteiger partial charge on any atom is -0.385 e. The number of para-hydroxylation sites is 1. The highest BCUT2D eigenvalue weighted by molar-refractivity contribution is 5.85. The van der Waals surface area contributed by atoms with E-state index in [4.69, 9.17) is 0 Å². The van der Waals surface area contributed by atoms with Gasteiger partial charge in [-0.3, -0.25) is 0 Å². The second-order valence-electron chi connectivity index (χ2n) is 7.13. The molecule has 1 atom stereocenters. The Labute approximate surface area is 149 Å². The van der Waals surface area contributed by atoms with E-state index in [1.807, 2.05) is 6.07 Å². The largest absolute Gasteiger partial charge is 0.385 e. The van der Waals surface area contributed by atoms with Crippen LogP contribution < -0.4 is 5.32 Å². The van der Waals surface area contributed by atoms with Gasteiger partial charge in [-0.05, 0) is 37.3 Å². The smallest absolute Gasteiger partial charge is 0.121 e. The van der Waals surface area contributed by atoms with Crippen LogP contribution in [0.5, 0.6) is 0 Å². The summed E-state index contributed by atoms with van der Waals surface area (Å²) in [6.07, 6.45) is 4.54. The van der Waals surface area contributed by atoms with E-state index in [-0.39, 0.29) is 6.10 Å². The highest BCUT2D eigenvalue weighted by atomic mass is 16.3. The molecule has 0 bridgehead atoms. The monoisotopic (exact) mass is 335 g/mol. The first-order valence-corrected chi connectivity index (χ1v) is 9.45. The number of aliphatic hydroxyl groups is 1. The fourth-order valence-electron chi connectivity index (χ4n) is 4.14. The first-order chi connectivity index (χ1) is 12.3. The van der Waals surface area contributed by atoms with Crippen LogP contribution >= 0.6 is 0 Å². The maximum atomic E-state index is 10.6. The molecule has 25 heavy (non-hydrogen) atoms. The highest BCUT2D eigenvalue weighted by Gasteiger charge is 2.21. The third-order valence-corrected chi connectivity index (χ3v) is 5.34. The first-order valence-electron chi connectivity index (χ1n) is 9.45. The average Bonchev–Trinajstić information content (AvgIpc) is 2.97. The number of quaternary nitrogens is 1. The Morgan fingerprint density at radius 2 is 1.72 bits per heavy atom. The molecule has 0 amide bonds. The second-order valence-corrected chi connectivity index (χ2v) is 7.13. The first kappa shape index (κ1) is 16.4. The normalized spacial score (nSPS) is 15.2. The zero-order valence-electron chi connectivity index (χ0n) is 14.7. The molecule has 3 heteroatoms. The van der Waals surface area contributed by atoms with Crippen LogP contribution in [0, 0.1) is 0 Å². The van der Waals surface area contributed by atoms with Crippen molar-refractivity contribution in [2.45, 2.75) is 44.9 Å². The van der Waals surface area contributed by atoms with E-state index in [1.54, 1.807) is 0 Å². The predicted molar refractivity (Wildman–Crippen MR) is 102 cm³/mol. The van der Waals surface area contributed by atoms with Crippen molar-refractivity contribution < 1.29 is 10.4 Å². The standard InChI is InChI=1S/C22H26N2O/c25-18(15-23-14-17-8-2-1-3-9-17)16-24-21-12-6-4-10-19(21)20-11-5-7-13-22(20)24/h1-4,6,8-10,12,18,23,25H,5,7,11,13-16H2/p+1/t18-/m1/s1. The topological polar surface area (TPSA) is 41.8 Å². The fourth-order valence-corrected chi connectivity index (χ4v) is 4.14. The number of aromatic nitrogens is 1. The lowest BCUT2D eigenvalue weighted by Gasteiger charge is -2.18. The van der Waals surface area contributed by atoms with Gasteiger partial charge >= 0.3 is 0 Å². The number of fused-ring (bicyclic) bond motifs is 3. The van der Waals surface area contributed by atoms with E-state index in [0.29, 0.717) is 6.54 Å². The van der Waals surface area contributed by atoms with E-state index < -0.39 is 0 Å². The molecule has 0 saturated carbocycles. The SMILES string of the molecule is O[C@H](C[NH2+]Cc1ccccc1)Cn1c2c(c3ccccc31)CCCC2. The molecular weight excluding hydrogens is 308 g/mol. The molecule has 1 heterocycles. The molecular formula is C22H27N2O+. The number of hydrogen-bond donors (Lipinski definition) is 2. The molecule has 1 aliphatic carbocycles. The summed E-state index contributed by atoms with van der Waals surface area (Å²) in [5.74, 6) is 0. The van der Waals surface area contributed by atoms with Gasteiger partial charge in [0.05, 0.1) is 6.54 Å². The molecule has 0 unspecified atom stereocenters. The average molecular weight is 335 g/mol. The number of hydrogen-bond acceptors (Lipinski definition) is 1. The maximum absolute atomic E-state index is 10.6. The third kappa shape index (κ3) is 3.48. The Balaban J connectivity index is 1.47. The molecule has 0 saturated heterocycles. The zero-order valence-corrected chi connectivity index (χ0v) is 14.7. The van der Waals surface area contributed by atoms with Crippen LogP contribution in [0.2, 0.25) is 0 Å². The molecule has 0 radical (unpaired) electrons. The van der Waals surface area contributed by atoms with E-state index in [1.165, 1.54) is 47.0 Å². The van der Waals surface area contributed by atoms with E-state index >= 15 is 0 Å². The predicted octanol–water partition coefficient (Wildman–Crippen LogP) is 2.64. The third-order valence-electron chi connectivity index (χ3n) is 5.34. The number of aryl methyl sites for hydroxylation is 1. The summed E-state index contributed by atoms with van der Waals surface area (Å²) in [6, 6.07) is 19.1. The van der Waals surface area contributed by atoms with Crippen molar-refractivity contribution in [2.24, 2.45) is 0 Å². The number of rotatable bonds is 6. The van der Waals surface area contributed by atoms with E-state index in [9.17, 15) is 5.11 Å². The van der Waals surface area contributed by atoms with Crippen molar-refractivity contribution in [3.8, 4) is 0 Å². The van der Waals surface area contributed by atoms with Crippen molar-refractivity contribution in [1.82, 2.24) is 4.57 Å². The quantitative estimate of drug-likeness (QED) is 0.714. The molecule has 0 fully saturated rings. The molecule has 130 valence electrons. The van der Waals surface area contributed by atoms with Gasteiger partial charge in [-0.15, -0.1) is 0 Å². The van der Waals surface area contributed by atoms with Crippen LogP contribution in [0.15, 0.2) is 54.6 Å². The Hall–Kier alpha value is -2.10. The van der Waals surface area contributed by atoms with Crippen molar-refractivity contribution in [2.75, 3.05) is 6.54 Å². The summed E-state index contributed by atoms with van der Waals surface area (Å²) >= 11 is 0. The zero-order chi connectivity index (χ0) is 17.1. The van der Waals surface area contributed by atoms with Gasteiger partial charge in [-0.2, -0.15) is 0 Å². The number of aliphatic hydroxyl groups excluding tert-OH is 1. The summed E-state index contributed by atoms with van der Waals surface area (Å²) in [6.45, 7) is 2.35. The van der Waals surface area contributed by atoms with Crippen LogP contribution in [0.25, 0.3) is 10.9 Å². The molecule has 4 rings (SSSR count). The Bertz CT molecular complexity index is 838. The van der Waals surface area contributed by atoms with Gasteiger partial charge < -0.3 is 15.0 Å². The van der Waals surface area contributed by atoms with Gasteiger partial charge in [0.25, 0.3) is 0 Å². The number of benzene rings is 2. The van der Waals surface area contributed by atoms with Crippen LogP contribution in [0.3, 0.4) is 0 Å².